The molecule has 232 valence electrons. The average molecular weight is 602 g/mol. The van der Waals surface area contributed by atoms with Crippen LogP contribution in [0.3, 0.4) is 0 Å². The molecule has 42 heavy (non-hydrogen) atoms. The first-order chi connectivity index (χ1) is 19.7. The summed E-state index contributed by atoms with van der Waals surface area (Å²) in [6.07, 6.45) is -9.96. The zero-order valence-electron chi connectivity index (χ0n) is 23.9. The molecule has 2 aliphatic rings. The summed E-state index contributed by atoms with van der Waals surface area (Å²) < 4.78 is 99.5. The number of hydrogen-bond acceptors (Lipinski definition) is 5. The molecule has 0 bridgehead atoms. The molecular formula is C31H37F6NO4. The number of carbonyl (C=O) groups excluding carboxylic acids is 1. The van der Waals surface area contributed by atoms with Crippen LogP contribution in [0.25, 0.3) is 0 Å². The fourth-order valence-corrected chi connectivity index (χ4v) is 6.08. The average Bonchev–Trinajstić information content (AvgIpc) is 2.95. The molecule has 5 nitrogen and oxygen atoms in total. The molecule has 0 aromatic heterocycles. The van der Waals surface area contributed by atoms with Crippen molar-refractivity contribution in [3.63, 3.8) is 0 Å². The van der Waals surface area contributed by atoms with Crippen LogP contribution >= 0.6 is 0 Å². The van der Waals surface area contributed by atoms with Gasteiger partial charge in [0.15, 0.2) is 0 Å². The van der Waals surface area contributed by atoms with Gasteiger partial charge in [-0.1, -0.05) is 30.3 Å². The predicted molar refractivity (Wildman–Crippen MR) is 143 cm³/mol. The van der Waals surface area contributed by atoms with Gasteiger partial charge in [0.05, 0.1) is 35.9 Å². The van der Waals surface area contributed by atoms with Gasteiger partial charge < -0.3 is 14.2 Å². The van der Waals surface area contributed by atoms with Crippen molar-refractivity contribution in [2.45, 2.75) is 70.6 Å². The summed E-state index contributed by atoms with van der Waals surface area (Å²) in [5.74, 6) is -0.699. The zero-order valence-corrected chi connectivity index (χ0v) is 23.9. The third kappa shape index (κ3) is 7.47. The summed E-state index contributed by atoms with van der Waals surface area (Å²) in [4.78, 5) is 14.9. The molecule has 2 aromatic rings. The summed E-state index contributed by atoms with van der Waals surface area (Å²) in [6.45, 7) is 6.78. The van der Waals surface area contributed by atoms with Gasteiger partial charge >= 0.3 is 18.3 Å². The Morgan fingerprint density at radius 3 is 2.31 bits per heavy atom. The molecule has 5 atom stereocenters. The molecule has 2 aliphatic heterocycles. The number of nitrogens with zero attached hydrogens (tertiary/aromatic N) is 1. The minimum Gasteiger partial charge on any atom is -0.466 e. The predicted octanol–water partition coefficient (Wildman–Crippen LogP) is 7.61. The highest BCUT2D eigenvalue weighted by atomic mass is 19.4. The second-order valence-electron chi connectivity index (χ2n) is 11.4. The Labute approximate surface area is 242 Å². The molecule has 0 spiro atoms. The Balaban J connectivity index is 1.73. The number of carbonyl (C=O) groups is 1. The Bertz CT molecular complexity index is 1170. The molecule has 0 amide bonds. The number of likely N-dealkylation sites (tertiary alicyclic amines) is 1. The first kappa shape index (κ1) is 32.3. The van der Waals surface area contributed by atoms with Gasteiger partial charge in [-0.05, 0) is 75.3 Å². The van der Waals surface area contributed by atoms with Crippen LogP contribution in [0.1, 0.15) is 74.3 Å². The number of alkyl halides is 6. The molecule has 2 aromatic carbocycles. The fraction of sp³-hybridized carbons (Fsp3) is 0.581. The molecule has 2 heterocycles. The van der Waals surface area contributed by atoms with Crippen molar-refractivity contribution >= 4 is 5.97 Å². The van der Waals surface area contributed by atoms with E-state index in [1.165, 1.54) is 6.92 Å². The van der Waals surface area contributed by atoms with Crippen molar-refractivity contribution < 1.29 is 45.3 Å². The SMILES string of the molecule is CCOC(=O)[C@]1(C)CCCN([C@H](O[C@H](C)c2cc(C(F)(F)F)cc(C(F)(F)F)c2)[C@H]2COCC[C@H]2c2ccccc2)C1. The van der Waals surface area contributed by atoms with Crippen LogP contribution in [0.5, 0.6) is 0 Å². The number of esters is 1. The first-order valence-corrected chi connectivity index (χ1v) is 14.2. The van der Waals surface area contributed by atoms with E-state index in [-0.39, 0.29) is 49.2 Å². The maximum absolute atomic E-state index is 13.6. The Morgan fingerprint density at radius 1 is 1.07 bits per heavy atom. The van der Waals surface area contributed by atoms with Gasteiger partial charge in [-0.25, -0.2) is 0 Å². The smallest absolute Gasteiger partial charge is 0.416 e. The summed E-state index contributed by atoms with van der Waals surface area (Å²) >= 11 is 0. The highest BCUT2D eigenvalue weighted by Gasteiger charge is 2.46. The van der Waals surface area contributed by atoms with E-state index in [9.17, 15) is 31.1 Å². The minimum atomic E-state index is -4.97. The fourth-order valence-electron chi connectivity index (χ4n) is 6.08. The molecule has 2 saturated heterocycles. The van der Waals surface area contributed by atoms with Crippen LogP contribution in [0.4, 0.5) is 26.3 Å². The van der Waals surface area contributed by atoms with Crippen molar-refractivity contribution in [3.05, 3.63) is 70.8 Å². The highest BCUT2D eigenvalue weighted by Crippen LogP contribution is 2.43. The van der Waals surface area contributed by atoms with Crippen LogP contribution in [0.15, 0.2) is 48.5 Å². The molecule has 0 aliphatic carbocycles. The molecule has 0 unspecified atom stereocenters. The standard InChI is InChI=1S/C31H37F6NO4/c1-4-41-28(39)29(3)12-8-13-38(19-29)27(26-18-40-14-11-25(26)21-9-6-5-7-10-21)42-20(2)22-15-23(30(32,33)34)17-24(16-22)31(35,36)37/h5-7,9-10,15-17,20,25-27H,4,8,11-14,18-19H2,1-3H3/t20-,25+,26+,27-,29-/m1/s1. The summed E-state index contributed by atoms with van der Waals surface area (Å²) in [5.41, 5.74) is -2.84. The van der Waals surface area contributed by atoms with Crippen molar-refractivity contribution in [1.29, 1.82) is 0 Å². The summed E-state index contributed by atoms with van der Waals surface area (Å²) in [6, 6.07) is 11.2. The van der Waals surface area contributed by atoms with E-state index < -0.39 is 41.2 Å². The van der Waals surface area contributed by atoms with E-state index in [1.54, 1.807) is 6.92 Å². The van der Waals surface area contributed by atoms with Gasteiger partial charge in [0.25, 0.3) is 0 Å². The quantitative estimate of drug-likeness (QED) is 0.230. The number of benzene rings is 2. The zero-order chi connectivity index (χ0) is 30.7. The van der Waals surface area contributed by atoms with E-state index in [1.807, 2.05) is 42.2 Å². The van der Waals surface area contributed by atoms with E-state index >= 15 is 0 Å². The lowest BCUT2D eigenvalue weighted by molar-refractivity contribution is -0.181. The maximum atomic E-state index is 13.6. The Kier molecular flexibility index (Phi) is 9.94. The van der Waals surface area contributed by atoms with Crippen LogP contribution in [-0.4, -0.2) is 50.0 Å². The van der Waals surface area contributed by atoms with Crippen LogP contribution in [0, 0.1) is 11.3 Å². The largest absolute Gasteiger partial charge is 0.466 e. The molecule has 0 N–H and O–H groups in total. The lowest BCUT2D eigenvalue weighted by Gasteiger charge is -2.47. The van der Waals surface area contributed by atoms with Crippen LogP contribution in [0.2, 0.25) is 0 Å². The van der Waals surface area contributed by atoms with Crippen molar-refractivity contribution in [1.82, 2.24) is 4.90 Å². The topological polar surface area (TPSA) is 48.0 Å². The van der Waals surface area contributed by atoms with Crippen LogP contribution in [-0.2, 0) is 31.4 Å². The minimum absolute atomic E-state index is 0.0415. The Morgan fingerprint density at radius 2 is 1.71 bits per heavy atom. The van der Waals surface area contributed by atoms with E-state index in [0.717, 1.165) is 5.56 Å². The number of ether oxygens (including phenoxy) is 3. The lowest BCUT2D eigenvalue weighted by atomic mass is 9.78. The molecule has 2 fully saturated rings. The molecule has 0 radical (unpaired) electrons. The number of halogens is 6. The third-order valence-corrected chi connectivity index (χ3v) is 8.27. The van der Waals surface area contributed by atoms with Gasteiger partial charge in [0.1, 0.15) is 6.23 Å². The molecule has 11 heteroatoms. The monoisotopic (exact) mass is 601 g/mol. The van der Waals surface area contributed by atoms with Crippen molar-refractivity contribution in [2.75, 3.05) is 32.9 Å². The van der Waals surface area contributed by atoms with Gasteiger partial charge in [-0.2, -0.15) is 26.3 Å². The van der Waals surface area contributed by atoms with E-state index in [4.69, 9.17) is 14.2 Å². The van der Waals surface area contributed by atoms with Crippen LogP contribution < -0.4 is 0 Å². The third-order valence-electron chi connectivity index (χ3n) is 8.27. The molecular weight excluding hydrogens is 564 g/mol. The van der Waals surface area contributed by atoms with E-state index in [0.29, 0.717) is 44.5 Å². The number of hydrogen-bond donors (Lipinski definition) is 0. The Hall–Kier alpha value is -2.63. The van der Waals surface area contributed by atoms with Gasteiger partial charge in [-0.3, -0.25) is 9.69 Å². The first-order valence-electron chi connectivity index (χ1n) is 14.2. The second kappa shape index (κ2) is 12.9. The number of piperidine rings is 1. The van der Waals surface area contributed by atoms with Gasteiger partial charge in [0.2, 0.25) is 0 Å². The summed E-state index contributed by atoms with van der Waals surface area (Å²) in [7, 11) is 0. The van der Waals surface area contributed by atoms with E-state index in [2.05, 4.69) is 0 Å². The summed E-state index contributed by atoms with van der Waals surface area (Å²) in [5, 5.41) is 0. The normalized spacial score (nSPS) is 25.5. The van der Waals surface area contributed by atoms with Gasteiger partial charge in [-0.15, -0.1) is 0 Å². The molecule has 0 saturated carbocycles. The van der Waals surface area contributed by atoms with Gasteiger partial charge in [0, 0.05) is 25.6 Å². The lowest BCUT2D eigenvalue weighted by Crippen LogP contribution is -2.55. The van der Waals surface area contributed by atoms with Crippen molar-refractivity contribution in [3.8, 4) is 0 Å². The molecule has 4 rings (SSSR count). The second-order valence-corrected chi connectivity index (χ2v) is 11.4. The van der Waals surface area contributed by atoms with Crippen molar-refractivity contribution in [2.24, 2.45) is 11.3 Å². The highest BCUT2D eigenvalue weighted by molar-refractivity contribution is 5.76. The number of rotatable bonds is 8. The maximum Gasteiger partial charge on any atom is 0.416 e.